The molecule has 0 fully saturated rings. The van der Waals surface area contributed by atoms with Crippen LogP contribution in [0.2, 0.25) is 0 Å². The molecule has 0 saturated carbocycles. The average molecular weight is 265 g/mol. The number of benzene rings is 1. The van der Waals surface area contributed by atoms with Gasteiger partial charge in [0.05, 0.1) is 17.3 Å². The smallest absolute Gasteiger partial charge is 0.125 e. The number of hydrogen-bond acceptors (Lipinski definition) is 3. The number of fused-ring (bicyclic) bond motifs is 1. The van der Waals surface area contributed by atoms with E-state index in [1.807, 2.05) is 32.4 Å². The van der Waals surface area contributed by atoms with Gasteiger partial charge in [-0.15, -0.1) is 0 Å². The number of aromatic nitrogens is 2. The first-order chi connectivity index (χ1) is 8.75. The lowest BCUT2D eigenvalue weighted by Crippen LogP contribution is -2.44. The van der Waals surface area contributed by atoms with E-state index in [2.05, 4.69) is 10.6 Å². The number of nitrogens with zero attached hydrogens (tertiary/aromatic N) is 2. The fourth-order valence-electron chi connectivity index (χ4n) is 2.67. The van der Waals surface area contributed by atoms with E-state index < -0.39 is 5.54 Å². The second-order valence-corrected chi connectivity index (χ2v) is 6.24. The number of halogens is 1. The van der Waals surface area contributed by atoms with E-state index in [1.165, 1.54) is 12.1 Å². The number of hydroxylamine groups is 1. The minimum absolute atomic E-state index is 0.274. The summed E-state index contributed by atoms with van der Waals surface area (Å²) >= 11 is 0. The number of hydrogen-bond donors (Lipinski definition) is 2. The number of nitrogens with one attached hydrogen (secondary N) is 1. The van der Waals surface area contributed by atoms with Crippen molar-refractivity contribution in [3.8, 4) is 0 Å². The molecular weight excluding hydrogens is 245 g/mol. The van der Waals surface area contributed by atoms with Crippen molar-refractivity contribution < 1.29 is 9.60 Å². The van der Waals surface area contributed by atoms with Gasteiger partial charge in [-0.1, -0.05) is 0 Å². The summed E-state index contributed by atoms with van der Waals surface area (Å²) in [5, 5.41) is 14.4. The molecule has 5 heteroatoms. The first kappa shape index (κ1) is 14.0. The highest BCUT2D eigenvalue weighted by atomic mass is 19.1. The lowest BCUT2D eigenvalue weighted by atomic mass is 9.87. The largest absolute Gasteiger partial charge is 0.316 e. The van der Waals surface area contributed by atoms with Crippen molar-refractivity contribution in [3.63, 3.8) is 0 Å². The molecule has 19 heavy (non-hydrogen) atoms. The Morgan fingerprint density at radius 3 is 2.63 bits per heavy atom. The Hall–Kier alpha value is -1.46. The summed E-state index contributed by atoms with van der Waals surface area (Å²) < 4.78 is 15.2. The van der Waals surface area contributed by atoms with Gasteiger partial charge < -0.3 is 5.21 Å². The Morgan fingerprint density at radius 1 is 1.32 bits per heavy atom. The lowest BCUT2D eigenvalue weighted by Gasteiger charge is -2.34. The van der Waals surface area contributed by atoms with Crippen molar-refractivity contribution in [2.45, 2.75) is 45.2 Å². The Balaban J connectivity index is 2.45. The van der Waals surface area contributed by atoms with Crippen molar-refractivity contribution in [1.82, 2.24) is 15.3 Å². The molecule has 104 valence electrons. The van der Waals surface area contributed by atoms with E-state index in [0.29, 0.717) is 6.42 Å². The zero-order valence-electron chi connectivity index (χ0n) is 11.7. The monoisotopic (exact) mass is 265 g/mol. The van der Waals surface area contributed by atoms with E-state index in [1.54, 1.807) is 12.3 Å². The second-order valence-electron chi connectivity index (χ2n) is 6.24. The van der Waals surface area contributed by atoms with Gasteiger partial charge >= 0.3 is 0 Å². The maximum absolute atomic E-state index is 13.4. The molecule has 0 aliphatic carbocycles. The highest BCUT2D eigenvalue weighted by Crippen LogP contribution is 2.29. The van der Waals surface area contributed by atoms with Gasteiger partial charge in [0.2, 0.25) is 0 Å². The third-order valence-corrected chi connectivity index (χ3v) is 3.28. The Morgan fingerprint density at radius 2 is 2.00 bits per heavy atom. The molecule has 0 atom stereocenters. The first-order valence-electron chi connectivity index (χ1n) is 6.30. The van der Waals surface area contributed by atoms with Gasteiger partial charge in [-0.05, 0) is 52.3 Å². The van der Waals surface area contributed by atoms with Crippen LogP contribution < -0.4 is 5.48 Å². The van der Waals surface area contributed by atoms with Crippen LogP contribution in [-0.2, 0) is 5.54 Å². The summed E-state index contributed by atoms with van der Waals surface area (Å²) in [5.74, 6) is -0.274. The summed E-state index contributed by atoms with van der Waals surface area (Å²) in [6.07, 6.45) is 2.37. The molecular formula is C14H20FN3O. The fraction of sp³-hybridized carbons (Fsp3) is 0.500. The van der Waals surface area contributed by atoms with Crippen molar-refractivity contribution >= 4 is 10.9 Å². The fourth-order valence-corrected chi connectivity index (χ4v) is 2.67. The van der Waals surface area contributed by atoms with E-state index in [9.17, 15) is 9.60 Å². The average Bonchev–Trinajstić information content (AvgIpc) is 2.71. The maximum atomic E-state index is 13.4. The minimum atomic E-state index is -0.449. The maximum Gasteiger partial charge on any atom is 0.125 e. The molecule has 2 rings (SSSR count). The van der Waals surface area contributed by atoms with Crippen molar-refractivity contribution in [2.24, 2.45) is 0 Å². The van der Waals surface area contributed by atoms with Crippen LogP contribution in [0.5, 0.6) is 0 Å². The quantitative estimate of drug-likeness (QED) is 0.835. The predicted molar refractivity (Wildman–Crippen MR) is 72.6 cm³/mol. The van der Waals surface area contributed by atoms with Crippen LogP contribution in [-0.4, -0.2) is 20.5 Å². The van der Waals surface area contributed by atoms with Crippen molar-refractivity contribution in [1.29, 1.82) is 0 Å². The van der Waals surface area contributed by atoms with Gasteiger partial charge in [-0.2, -0.15) is 10.6 Å². The highest BCUT2D eigenvalue weighted by molar-refractivity contribution is 5.78. The zero-order valence-corrected chi connectivity index (χ0v) is 11.7. The summed E-state index contributed by atoms with van der Waals surface area (Å²) in [5.41, 5.74) is 2.26. The molecule has 0 spiro atoms. The minimum Gasteiger partial charge on any atom is -0.316 e. The molecule has 4 nitrogen and oxygen atoms in total. The topological polar surface area (TPSA) is 50.1 Å². The molecule has 0 radical (unpaired) electrons. The molecule has 2 aromatic rings. The van der Waals surface area contributed by atoms with Crippen LogP contribution in [0.25, 0.3) is 10.9 Å². The Labute approximate surface area is 112 Å². The summed E-state index contributed by atoms with van der Waals surface area (Å²) in [6.45, 7) is 7.84. The molecule has 2 N–H and O–H groups in total. The van der Waals surface area contributed by atoms with Gasteiger partial charge in [0, 0.05) is 10.9 Å². The highest BCUT2D eigenvalue weighted by Gasteiger charge is 2.31. The Kier molecular flexibility index (Phi) is 3.36. The molecule has 0 bridgehead atoms. The summed E-state index contributed by atoms with van der Waals surface area (Å²) in [4.78, 5) is 0. The van der Waals surface area contributed by atoms with E-state index in [4.69, 9.17) is 0 Å². The third kappa shape index (κ3) is 2.77. The SMILES string of the molecule is CC(C)(CC(C)(C)n1ncc2ccc(F)cc21)NO. The van der Waals surface area contributed by atoms with Crippen molar-refractivity contribution in [3.05, 3.63) is 30.2 Å². The number of rotatable bonds is 4. The van der Waals surface area contributed by atoms with Crippen LogP contribution >= 0.6 is 0 Å². The van der Waals surface area contributed by atoms with Crippen LogP contribution in [0.1, 0.15) is 34.1 Å². The van der Waals surface area contributed by atoms with Crippen molar-refractivity contribution in [2.75, 3.05) is 0 Å². The first-order valence-corrected chi connectivity index (χ1v) is 6.30. The zero-order chi connectivity index (χ0) is 14.3. The molecule has 1 aromatic carbocycles. The standard InChI is InChI=1S/C14H20FN3O/c1-13(2,17-19)9-14(3,4)18-12-7-11(15)6-5-10(12)8-16-18/h5-8,17,19H,9H2,1-4H3. The molecule has 1 heterocycles. The Bertz CT molecular complexity index is 589. The molecule has 0 aliphatic heterocycles. The normalized spacial score (nSPS) is 13.2. The van der Waals surface area contributed by atoms with Crippen LogP contribution in [0.4, 0.5) is 4.39 Å². The van der Waals surface area contributed by atoms with Crippen LogP contribution in [0, 0.1) is 5.82 Å². The third-order valence-electron chi connectivity index (χ3n) is 3.28. The van der Waals surface area contributed by atoms with Gasteiger partial charge in [0.15, 0.2) is 0 Å². The van der Waals surface area contributed by atoms with Crippen LogP contribution in [0.3, 0.4) is 0 Å². The molecule has 0 unspecified atom stereocenters. The van der Waals surface area contributed by atoms with Crippen LogP contribution in [0.15, 0.2) is 24.4 Å². The van der Waals surface area contributed by atoms with E-state index >= 15 is 0 Å². The summed E-state index contributed by atoms with van der Waals surface area (Å²) in [7, 11) is 0. The predicted octanol–water partition coefficient (Wildman–Crippen LogP) is 3.06. The lowest BCUT2D eigenvalue weighted by molar-refractivity contribution is 0.0532. The van der Waals surface area contributed by atoms with Gasteiger partial charge in [-0.25, -0.2) is 4.39 Å². The molecule has 0 aliphatic rings. The molecule has 0 saturated heterocycles. The molecule has 1 aromatic heterocycles. The van der Waals surface area contributed by atoms with E-state index in [0.717, 1.165) is 10.9 Å². The van der Waals surface area contributed by atoms with Gasteiger partial charge in [0.1, 0.15) is 5.82 Å². The second kappa shape index (κ2) is 4.58. The van der Waals surface area contributed by atoms with Gasteiger partial charge in [-0.3, -0.25) is 4.68 Å². The molecule has 0 amide bonds. The van der Waals surface area contributed by atoms with Gasteiger partial charge in [0.25, 0.3) is 0 Å². The van der Waals surface area contributed by atoms with E-state index in [-0.39, 0.29) is 11.4 Å². The summed E-state index contributed by atoms with van der Waals surface area (Å²) in [6, 6.07) is 4.64.